The number of imidazole rings is 1. The van der Waals surface area contributed by atoms with Gasteiger partial charge in [0.25, 0.3) is 5.56 Å². The topological polar surface area (TPSA) is 79.5 Å². The summed E-state index contributed by atoms with van der Waals surface area (Å²) in [5, 5.41) is 0. The minimum Gasteiger partial charge on any atom is -0.342 e. The van der Waals surface area contributed by atoms with Gasteiger partial charge in [-0.15, -0.1) is 0 Å². The highest BCUT2D eigenvalue weighted by molar-refractivity contribution is 5.80. The number of carbonyl (C=O) groups excluding carboxylic acids is 1. The highest BCUT2D eigenvalue weighted by atomic mass is 19.1. The number of para-hydroxylation sites is 2. The first-order valence-electron chi connectivity index (χ1n) is 13.8. The van der Waals surface area contributed by atoms with Gasteiger partial charge in [0.15, 0.2) is 0 Å². The van der Waals surface area contributed by atoms with Crippen LogP contribution < -0.4 is 15.4 Å². The van der Waals surface area contributed by atoms with Crippen molar-refractivity contribution in [3.8, 4) is 0 Å². The molecular weight excluding hydrogens is 509 g/mol. The van der Waals surface area contributed by atoms with Crippen LogP contribution in [0.1, 0.15) is 31.7 Å². The van der Waals surface area contributed by atoms with Crippen LogP contribution in [-0.2, 0) is 6.54 Å². The maximum atomic E-state index is 13.5. The summed E-state index contributed by atoms with van der Waals surface area (Å²) < 4.78 is 16.9. The molecule has 2 unspecified atom stereocenters. The Morgan fingerprint density at radius 1 is 1.05 bits per heavy atom. The number of hydrogen-bond acceptors (Lipinski definition) is 6. The molecule has 2 atom stereocenters. The summed E-state index contributed by atoms with van der Waals surface area (Å²) in [5.74, 6) is 1.45. The summed E-state index contributed by atoms with van der Waals surface area (Å²) in [6, 6.07) is 15.9. The monoisotopic (exact) mass is 543 g/mol. The lowest BCUT2D eigenvalue weighted by Crippen LogP contribution is -2.48. The van der Waals surface area contributed by atoms with E-state index in [4.69, 9.17) is 4.98 Å². The molecule has 0 bridgehead atoms. The van der Waals surface area contributed by atoms with Gasteiger partial charge in [0.1, 0.15) is 5.82 Å². The zero-order valence-corrected chi connectivity index (χ0v) is 23.1. The van der Waals surface area contributed by atoms with E-state index in [0.29, 0.717) is 18.4 Å². The van der Waals surface area contributed by atoms with Crippen LogP contribution in [0, 0.1) is 11.7 Å². The molecular formula is C30H34FN7O2. The Balaban J connectivity index is 1.22. The van der Waals surface area contributed by atoms with Gasteiger partial charge in [0, 0.05) is 51.5 Å². The Morgan fingerprint density at radius 3 is 2.45 bits per heavy atom. The maximum absolute atomic E-state index is 13.5. The van der Waals surface area contributed by atoms with Gasteiger partial charge in [0.2, 0.25) is 11.9 Å². The standard InChI is InChI=1S/C30H34FN7O2/c1-20-18-26(20)35(3)30(40)38-27(39)12-15-32-28(38)34(2)23-13-16-36(17-14-23)29-33-24-6-4-5-7-25(24)37(29)19-21-8-10-22(31)11-9-21/h4-12,15,20,23,26H,13-14,16-19H2,1-3H3. The second kappa shape index (κ2) is 10.4. The van der Waals surface area contributed by atoms with Crippen LogP contribution >= 0.6 is 0 Å². The van der Waals surface area contributed by atoms with Crippen molar-refractivity contribution in [2.24, 2.45) is 5.92 Å². The van der Waals surface area contributed by atoms with Crippen LogP contribution in [0.15, 0.2) is 65.6 Å². The highest BCUT2D eigenvalue weighted by Crippen LogP contribution is 2.34. The SMILES string of the molecule is CC1CC1N(C)C(=O)n1c(N(C)C2CCN(c3nc4ccccc4n3Cc3ccc(F)cc3)CC2)nccc1=O. The van der Waals surface area contributed by atoms with Crippen molar-refractivity contribution in [1.29, 1.82) is 0 Å². The van der Waals surface area contributed by atoms with Gasteiger partial charge in [-0.25, -0.2) is 19.2 Å². The van der Waals surface area contributed by atoms with E-state index < -0.39 is 0 Å². The largest absolute Gasteiger partial charge is 0.342 e. The molecule has 1 aliphatic heterocycles. The van der Waals surface area contributed by atoms with E-state index in [1.165, 1.54) is 29.0 Å². The zero-order valence-electron chi connectivity index (χ0n) is 23.1. The third kappa shape index (κ3) is 4.82. The molecule has 2 aliphatic rings. The number of benzene rings is 2. The smallest absolute Gasteiger partial charge is 0.334 e. The quantitative estimate of drug-likeness (QED) is 0.363. The third-order valence-electron chi connectivity index (χ3n) is 8.38. The van der Waals surface area contributed by atoms with Gasteiger partial charge in [-0.2, -0.15) is 4.57 Å². The van der Waals surface area contributed by atoms with E-state index in [1.54, 1.807) is 11.9 Å². The van der Waals surface area contributed by atoms with Crippen molar-refractivity contribution in [2.75, 3.05) is 37.0 Å². The number of piperidine rings is 1. The lowest BCUT2D eigenvalue weighted by atomic mass is 10.0. The molecule has 0 N–H and O–H groups in total. The van der Waals surface area contributed by atoms with Crippen LogP contribution in [0.2, 0.25) is 0 Å². The Kier molecular flexibility index (Phi) is 6.77. The lowest BCUT2D eigenvalue weighted by Gasteiger charge is -2.38. The van der Waals surface area contributed by atoms with E-state index in [2.05, 4.69) is 27.4 Å². The van der Waals surface area contributed by atoms with Gasteiger partial charge in [-0.05, 0) is 55.0 Å². The van der Waals surface area contributed by atoms with Gasteiger partial charge >= 0.3 is 6.03 Å². The number of anilines is 2. The van der Waals surface area contributed by atoms with Crippen LogP contribution in [0.3, 0.4) is 0 Å². The molecule has 6 rings (SSSR count). The summed E-state index contributed by atoms with van der Waals surface area (Å²) in [6.07, 6.45) is 4.05. The minimum absolute atomic E-state index is 0.102. The number of halogens is 1. The Hall–Kier alpha value is -4.21. The fraction of sp³-hybridized carbons (Fsp3) is 0.400. The van der Waals surface area contributed by atoms with Crippen LogP contribution in [0.25, 0.3) is 11.0 Å². The predicted molar refractivity (Wildman–Crippen MR) is 153 cm³/mol. The number of rotatable bonds is 6. The molecule has 2 fully saturated rings. The fourth-order valence-electron chi connectivity index (χ4n) is 5.82. The molecule has 208 valence electrons. The van der Waals surface area contributed by atoms with Crippen molar-refractivity contribution >= 4 is 29.0 Å². The molecule has 10 heteroatoms. The second-order valence-corrected chi connectivity index (χ2v) is 11.0. The number of carbonyl (C=O) groups is 1. The van der Waals surface area contributed by atoms with Crippen molar-refractivity contribution in [3.63, 3.8) is 0 Å². The van der Waals surface area contributed by atoms with Crippen molar-refractivity contribution in [2.45, 2.75) is 44.8 Å². The number of fused-ring (bicyclic) bond motifs is 1. The van der Waals surface area contributed by atoms with Crippen molar-refractivity contribution < 1.29 is 9.18 Å². The van der Waals surface area contributed by atoms with Crippen LogP contribution in [-0.4, -0.2) is 69.3 Å². The van der Waals surface area contributed by atoms with E-state index in [0.717, 1.165) is 54.9 Å². The lowest BCUT2D eigenvalue weighted by molar-refractivity contribution is 0.205. The first-order chi connectivity index (χ1) is 19.3. The average Bonchev–Trinajstić information content (AvgIpc) is 3.60. The molecule has 40 heavy (non-hydrogen) atoms. The van der Waals surface area contributed by atoms with E-state index in [1.807, 2.05) is 42.3 Å². The van der Waals surface area contributed by atoms with Crippen molar-refractivity contribution in [3.05, 3.63) is 82.5 Å². The van der Waals surface area contributed by atoms with Crippen molar-refractivity contribution in [1.82, 2.24) is 24.0 Å². The molecule has 1 saturated heterocycles. The second-order valence-electron chi connectivity index (χ2n) is 11.0. The molecule has 0 spiro atoms. The third-order valence-corrected chi connectivity index (χ3v) is 8.38. The number of aromatic nitrogens is 4. The van der Waals surface area contributed by atoms with E-state index in [-0.39, 0.29) is 29.5 Å². The summed E-state index contributed by atoms with van der Waals surface area (Å²) in [5.41, 5.74) is 2.59. The first-order valence-corrected chi connectivity index (χ1v) is 13.8. The maximum Gasteiger partial charge on any atom is 0.334 e. The highest BCUT2D eigenvalue weighted by Gasteiger charge is 2.40. The van der Waals surface area contributed by atoms with E-state index in [9.17, 15) is 14.0 Å². The normalized spacial score (nSPS) is 19.1. The average molecular weight is 544 g/mol. The van der Waals surface area contributed by atoms with Crippen LogP contribution in [0.4, 0.5) is 21.1 Å². The molecule has 4 aromatic rings. The zero-order chi connectivity index (χ0) is 28.0. The molecule has 2 aromatic heterocycles. The van der Waals surface area contributed by atoms with Gasteiger partial charge in [-0.3, -0.25) is 4.79 Å². The summed E-state index contributed by atoms with van der Waals surface area (Å²) in [7, 11) is 3.67. The van der Waals surface area contributed by atoms with Gasteiger partial charge in [-0.1, -0.05) is 31.2 Å². The number of hydrogen-bond donors (Lipinski definition) is 0. The molecule has 1 aliphatic carbocycles. The molecule has 0 radical (unpaired) electrons. The fourth-order valence-corrected chi connectivity index (χ4v) is 5.82. The van der Waals surface area contributed by atoms with Crippen LogP contribution in [0.5, 0.6) is 0 Å². The minimum atomic E-state index is -0.367. The first kappa shape index (κ1) is 26.0. The summed E-state index contributed by atoms with van der Waals surface area (Å²) >= 11 is 0. The predicted octanol–water partition coefficient (Wildman–Crippen LogP) is 4.19. The molecule has 9 nitrogen and oxygen atoms in total. The molecule has 1 saturated carbocycles. The summed E-state index contributed by atoms with van der Waals surface area (Å²) in [6.45, 7) is 4.21. The number of amides is 1. The molecule has 3 heterocycles. The van der Waals surface area contributed by atoms with E-state index >= 15 is 0 Å². The molecule has 2 aromatic carbocycles. The summed E-state index contributed by atoms with van der Waals surface area (Å²) in [4.78, 5) is 41.5. The Labute approximate surface area is 232 Å². The Morgan fingerprint density at radius 2 is 1.75 bits per heavy atom. The molecule has 1 amide bonds. The number of nitrogens with zero attached hydrogens (tertiary/aromatic N) is 7. The Bertz CT molecular complexity index is 1590. The van der Waals surface area contributed by atoms with Gasteiger partial charge in [0.05, 0.1) is 17.6 Å². The van der Waals surface area contributed by atoms with Gasteiger partial charge < -0.3 is 19.3 Å².